The van der Waals surface area contributed by atoms with Crippen LogP contribution in [0.15, 0.2) is 17.0 Å². The van der Waals surface area contributed by atoms with E-state index in [1.54, 1.807) is 0 Å². The zero-order valence-corrected chi connectivity index (χ0v) is 10.1. The highest BCUT2D eigenvalue weighted by atomic mass is 16.3. The molecular weight excluding hydrogens is 186 g/mol. The van der Waals surface area contributed by atoms with Gasteiger partial charge in [-0.05, 0) is 12.8 Å². The van der Waals surface area contributed by atoms with E-state index in [9.17, 15) is 0 Å². The first-order chi connectivity index (χ1) is 7.07. The standard InChI is InChI=1S/C13H22NO/c1-13(2,3)14-9-12(15-10-14)11-7-5-4-6-8-11/h9-11H,4-8H2,1-3H3/q+1. The molecule has 1 aliphatic carbocycles. The first-order valence-electron chi connectivity index (χ1n) is 6.07. The topological polar surface area (TPSA) is 17.0 Å². The number of oxazole rings is 1. The van der Waals surface area contributed by atoms with Crippen molar-refractivity contribution in [2.75, 3.05) is 0 Å². The van der Waals surface area contributed by atoms with Gasteiger partial charge >= 0.3 is 6.39 Å². The van der Waals surface area contributed by atoms with Crippen molar-refractivity contribution >= 4 is 0 Å². The Morgan fingerprint density at radius 1 is 1.20 bits per heavy atom. The van der Waals surface area contributed by atoms with E-state index in [4.69, 9.17) is 4.42 Å². The summed E-state index contributed by atoms with van der Waals surface area (Å²) in [6.45, 7) is 6.60. The lowest BCUT2D eigenvalue weighted by atomic mass is 9.88. The van der Waals surface area contributed by atoms with Crippen molar-refractivity contribution in [3.8, 4) is 0 Å². The average Bonchev–Trinajstić information content (AvgIpc) is 2.67. The Hall–Kier alpha value is -0.790. The Kier molecular flexibility index (Phi) is 2.85. The Balaban J connectivity index is 2.12. The van der Waals surface area contributed by atoms with Crippen molar-refractivity contribution in [3.05, 3.63) is 18.4 Å². The van der Waals surface area contributed by atoms with Crippen LogP contribution >= 0.6 is 0 Å². The minimum absolute atomic E-state index is 0.135. The summed E-state index contributed by atoms with van der Waals surface area (Å²) < 4.78 is 7.87. The van der Waals surface area contributed by atoms with Crippen LogP contribution in [0.2, 0.25) is 0 Å². The maximum Gasteiger partial charge on any atom is 0.335 e. The minimum atomic E-state index is 0.135. The molecule has 0 bridgehead atoms. The summed E-state index contributed by atoms with van der Waals surface area (Å²) in [6.07, 6.45) is 10.8. The normalized spacial score (nSPS) is 19.4. The molecular formula is C13H22NO+. The fourth-order valence-corrected chi connectivity index (χ4v) is 2.26. The third kappa shape index (κ3) is 2.42. The van der Waals surface area contributed by atoms with E-state index in [0.29, 0.717) is 5.92 Å². The zero-order chi connectivity index (χ0) is 10.9. The van der Waals surface area contributed by atoms with Gasteiger partial charge in [-0.15, -0.1) is 0 Å². The highest BCUT2D eigenvalue weighted by molar-refractivity contribution is 4.97. The molecule has 1 aromatic rings. The maximum absolute atomic E-state index is 5.69. The second kappa shape index (κ2) is 3.99. The Morgan fingerprint density at radius 2 is 1.87 bits per heavy atom. The van der Waals surface area contributed by atoms with Gasteiger partial charge in [-0.2, -0.15) is 4.57 Å². The van der Waals surface area contributed by atoms with Crippen LogP contribution in [0.5, 0.6) is 0 Å². The molecule has 0 N–H and O–H groups in total. The van der Waals surface area contributed by atoms with E-state index in [-0.39, 0.29) is 5.54 Å². The van der Waals surface area contributed by atoms with Gasteiger partial charge in [0.25, 0.3) is 0 Å². The van der Waals surface area contributed by atoms with Crippen molar-refractivity contribution in [1.82, 2.24) is 0 Å². The number of aromatic nitrogens is 1. The van der Waals surface area contributed by atoms with Gasteiger partial charge in [0.2, 0.25) is 6.20 Å². The Labute approximate surface area is 92.3 Å². The fraction of sp³-hybridized carbons (Fsp3) is 0.769. The van der Waals surface area contributed by atoms with Gasteiger partial charge in [0.15, 0.2) is 11.3 Å². The molecule has 0 radical (unpaired) electrons. The third-order valence-electron chi connectivity index (χ3n) is 3.35. The molecule has 0 aromatic carbocycles. The second-order valence-corrected chi connectivity index (χ2v) is 5.67. The first-order valence-corrected chi connectivity index (χ1v) is 6.07. The van der Waals surface area contributed by atoms with Crippen molar-refractivity contribution in [2.45, 2.75) is 64.3 Å². The molecule has 0 aliphatic heterocycles. The van der Waals surface area contributed by atoms with Gasteiger partial charge in [0, 0.05) is 26.7 Å². The molecule has 15 heavy (non-hydrogen) atoms. The number of hydrogen-bond donors (Lipinski definition) is 0. The van der Waals surface area contributed by atoms with Crippen LogP contribution in [0.3, 0.4) is 0 Å². The van der Waals surface area contributed by atoms with Crippen LogP contribution in [0, 0.1) is 0 Å². The van der Waals surface area contributed by atoms with Gasteiger partial charge in [0.05, 0.1) is 0 Å². The molecule has 0 atom stereocenters. The summed E-state index contributed by atoms with van der Waals surface area (Å²) >= 11 is 0. The summed E-state index contributed by atoms with van der Waals surface area (Å²) in [5.74, 6) is 1.85. The maximum atomic E-state index is 5.69. The molecule has 2 rings (SSSR count). The molecule has 1 saturated carbocycles. The number of hydrogen-bond acceptors (Lipinski definition) is 1. The summed E-state index contributed by atoms with van der Waals surface area (Å²) in [5.41, 5.74) is 0.135. The summed E-state index contributed by atoms with van der Waals surface area (Å²) in [7, 11) is 0. The van der Waals surface area contributed by atoms with Crippen LogP contribution in [-0.2, 0) is 5.54 Å². The molecule has 1 aromatic heterocycles. The van der Waals surface area contributed by atoms with Crippen LogP contribution < -0.4 is 4.57 Å². The quantitative estimate of drug-likeness (QED) is 0.647. The van der Waals surface area contributed by atoms with E-state index in [0.717, 1.165) is 0 Å². The predicted molar refractivity (Wildman–Crippen MR) is 59.7 cm³/mol. The van der Waals surface area contributed by atoms with Crippen LogP contribution in [-0.4, -0.2) is 0 Å². The molecule has 2 heteroatoms. The molecule has 1 fully saturated rings. The molecule has 0 amide bonds. The Morgan fingerprint density at radius 3 is 2.40 bits per heavy atom. The molecule has 0 spiro atoms. The van der Waals surface area contributed by atoms with Crippen LogP contribution in [0.1, 0.15) is 64.6 Å². The number of nitrogens with zero attached hydrogens (tertiary/aromatic N) is 1. The van der Waals surface area contributed by atoms with E-state index < -0.39 is 0 Å². The lowest BCUT2D eigenvalue weighted by Gasteiger charge is -2.17. The summed E-state index contributed by atoms with van der Waals surface area (Å²) in [4.78, 5) is 0. The van der Waals surface area contributed by atoms with E-state index in [2.05, 4.69) is 31.5 Å². The van der Waals surface area contributed by atoms with Crippen molar-refractivity contribution in [3.63, 3.8) is 0 Å². The minimum Gasteiger partial charge on any atom is -0.409 e. The predicted octanol–water partition coefficient (Wildman–Crippen LogP) is 3.37. The van der Waals surface area contributed by atoms with E-state index >= 15 is 0 Å². The lowest BCUT2D eigenvalue weighted by molar-refractivity contribution is -0.756. The average molecular weight is 208 g/mol. The fourth-order valence-electron chi connectivity index (χ4n) is 2.26. The molecule has 0 saturated heterocycles. The summed E-state index contributed by atoms with van der Waals surface area (Å²) in [6, 6.07) is 0. The van der Waals surface area contributed by atoms with Gasteiger partial charge in [-0.1, -0.05) is 19.3 Å². The highest BCUT2D eigenvalue weighted by Gasteiger charge is 2.27. The Bertz CT molecular complexity index is 316. The van der Waals surface area contributed by atoms with Crippen LogP contribution in [0.4, 0.5) is 0 Å². The van der Waals surface area contributed by atoms with Crippen molar-refractivity contribution < 1.29 is 8.98 Å². The lowest BCUT2D eigenvalue weighted by Crippen LogP contribution is -2.48. The SMILES string of the molecule is CC(C)(C)[n+]1coc(C2CCCCC2)c1. The van der Waals surface area contributed by atoms with E-state index in [1.165, 1.54) is 37.9 Å². The van der Waals surface area contributed by atoms with Gasteiger partial charge < -0.3 is 4.42 Å². The molecule has 1 aliphatic rings. The molecule has 2 nitrogen and oxygen atoms in total. The van der Waals surface area contributed by atoms with Crippen molar-refractivity contribution in [1.29, 1.82) is 0 Å². The smallest absolute Gasteiger partial charge is 0.335 e. The molecule has 1 heterocycles. The molecule has 84 valence electrons. The highest BCUT2D eigenvalue weighted by Crippen LogP contribution is 2.32. The zero-order valence-electron chi connectivity index (χ0n) is 10.1. The van der Waals surface area contributed by atoms with Gasteiger partial charge in [-0.3, -0.25) is 0 Å². The third-order valence-corrected chi connectivity index (χ3v) is 3.35. The van der Waals surface area contributed by atoms with Crippen molar-refractivity contribution in [2.24, 2.45) is 0 Å². The largest absolute Gasteiger partial charge is 0.409 e. The molecule has 0 unspecified atom stereocenters. The number of rotatable bonds is 1. The summed E-state index contributed by atoms with van der Waals surface area (Å²) in [5, 5.41) is 0. The van der Waals surface area contributed by atoms with E-state index in [1.807, 2.05) is 6.39 Å². The second-order valence-electron chi connectivity index (χ2n) is 5.67. The first kappa shape index (κ1) is 10.7. The monoisotopic (exact) mass is 208 g/mol. The van der Waals surface area contributed by atoms with Crippen LogP contribution in [0.25, 0.3) is 0 Å². The van der Waals surface area contributed by atoms with Gasteiger partial charge in [0.1, 0.15) is 0 Å². The van der Waals surface area contributed by atoms with Gasteiger partial charge in [-0.25, -0.2) is 0 Å².